The Hall–Kier alpha value is -1.10. The molecule has 0 aromatic carbocycles. The topological polar surface area (TPSA) is 24.9 Å². The van der Waals surface area contributed by atoms with Gasteiger partial charge in [0, 0.05) is 24.4 Å². The molecule has 2 unspecified atom stereocenters. The third kappa shape index (κ3) is 1.34. The number of halogens is 3. The minimum Gasteiger partial charge on any atom is -0.316 e. The van der Waals surface area contributed by atoms with E-state index in [9.17, 15) is 13.2 Å². The monoisotopic (exact) mass is 228 g/mol. The first-order chi connectivity index (χ1) is 7.52. The zero-order valence-electron chi connectivity index (χ0n) is 8.51. The van der Waals surface area contributed by atoms with Crippen LogP contribution in [0, 0.1) is 5.92 Å². The number of piperidine rings is 1. The van der Waals surface area contributed by atoms with Gasteiger partial charge in [-0.25, -0.2) is 0 Å². The molecule has 1 aromatic heterocycles. The number of alkyl halides is 3. The number of hydrogen-bond acceptors (Lipinski definition) is 2. The fourth-order valence-corrected chi connectivity index (χ4v) is 2.66. The summed E-state index contributed by atoms with van der Waals surface area (Å²) in [5, 5.41) is 3.21. The lowest BCUT2D eigenvalue weighted by Crippen LogP contribution is -2.20. The van der Waals surface area contributed by atoms with Crippen molar-refractivity contribution in [1.82, 2.24) is 10.3 Å². The average Bonchev–Trinajstić information content (AvgIpc) is 2.81. The molecule has 5 heteroatoms. The summed E-state index contributed by atoms with van der Waals surface area (Å²) in [7, 11) is 0. The molecule has 3 rings (SSSR count). The third-order valence-corrected chi connectivity index (χ3v) is 3.70. The normalized spacial score (nSPS) is 32.6. The summed E-state index contributed by atoms with van der Waals surface area (Å²) in [5.41, 5.74) is 0.0306. The first-order valence-electron chi connectivity index (χ1n) is 5.26. The van der Waals surface area contributed by atoms with Crippen LogP contribution >= 0.6 is 0 Å². The standard InChI is InChI=1S/C11H11F3N2/c12-11(13,14)8-1-7(3-15-4-8)10-2-9(10)5-16-6-10/h1,3-4,9,16H,2,5-6H2. The van der Waals surface area contributed by atoms with Gasteiger partial charge in [-0.2, -0.15) is 13.2 Å². The van der Waals surface area contributed by atoms with Crippen molar-refractivity contribution in [2.24, 2.45) is 5.92 Å². The lowest BCUT2D eigenvalue weighted by molar-refractivity contribution is -0.137. The van der Waals surface area contributed by atoms with Crippen molar-refractivity contribution in [1.29, 1.82) is 0 Å². The molecule has 1 saturated heterocycles. The molecule has 1 aliphatic carbocycles. The second-order valence-corrected chi connectivity index (χ2v) is 4.65. The molecule has 2 heterocycles. The van der Waals surface area contributed by atoms with E-state index in [0.29, 0.717) is 5.92 Å². The van der Waals surface area contributed by atoms with Crippen LogP contribution in [0.5, 0.6) is 0 Å². The molecule has 1 aliphatic heterocycles. The minimum absolute atomic E-state index is 0.0612. The summed E-state index contributed by atoms with van der Waals surface area (Å²) in [6.07, 6.45) is -0.846. The summed E-state index contributed by atoms with van der Waals surface area (Å²) >= 11 is 0. The van der Waals surface area contributed by atoms with E-state index in [-0.39, 0.29) is 5.41 Å². The molecular formula is C11H11F3N2. The quantitative estimate of drug-likeness (QED) is 0.794. The zero-order chi connectivity index (χ0) is 11.4. The Bertz CT molecular complexity index is 429. The predicted octanol–water partition coefficient (Wildman–Crippen LogP) is 1.96. The van der Waals surface area contributed by atoms with Crippen LogP contribution in [-0.2, 0) is 11.6 Å². The van der Waals surface area contributed by atoms with Crippen LogP contribution in [-0.4, -0.2) is 18.1 Å². The minimum atomic E-state index is -4.30. The van der Waals surface area contributed by atoms with Gasteiger partial charge in [0.25, 0.3) is 0 Å². The summed E-state index contributed by atoms with van der Waals surface area (Å²) in [4.78, 5) is 3.72. The lowest BCUT2D eigenvalue weighted by Gasteiger charge is -2.14. The van der Waals surface area contributed by atoms with Crippen LogP contribution in [0.25, 0.3) is 0 Å². The van der Waals surface area contributed by atoms with Crippen molar-refractivity contribution in [2.75, 3.05) is 13.1 Å². The van der Waals surface area contributed by atoms with E-state index in [1.54, 1.807) is 6.20 Å². The van der Waals surface area contributed by atoms with E-state index in [2.05, 4.69) is 10.3 Å². The first-order valence-corrected chi connectivity index (χ1v) is 5.26. The first kappa shape index (κ1) is 10.1. The van der Waals surface area contributed by atoms with Crippen molar-refractivity contribution in [2.45, 2.75) is 18.0 Å². The molecule has 1 saturated carbocycles. The van der Waals surface area contributed by atoms with Gasteiger partial charge >= 0.3 is 6.18 Å². The lowest BCUT2D eigenvalue weighted by atomic mass is 9.95. The van der Waals surface area contributed by atoms with Crippen molar-refractivity contribution in [3.05, 3.63) is 29.6 Å². The largest absolute Gasteiger partial charge is 0.417 e. The predicted molar refractivity (Wildman–Crippen MR) is 51.9 cm³/mol. The molecule has 2 nitrogen and oxygen atoms in total. The Morgan fingerprint density at radius 3 is 2.75 bits per heavy atom. The maximum atomic E-state index is 12.5. The summed E-state index contributed by atoms with van der Waals surface area (Å²) < 4.78 is 37.6. The zero-order valence-corrected chi connectivity index (χ0v) is 8.51. The molecular weight excluding hydrogens is 217 g/mol. The Morgan fingerprint density at radius 2 is 2.19 bits per heavy atom. The second kappa shape index (κ2) is 2.97. The molecule has 1 aromatic rings. The smallest absolute Gasteiger partial charge is 0.316 e. The second-order valence-electron chi connectivity index (χ2n) is 4.65. The molecule has 2 fully saturated rings. The van der Waals surface area contributed by atoms with E-state index in [1.165, 1.54) is 6.07 Å². The summed E-state index contributed by atoms with van der Waals surface area (Å²) in [6.45, 7) is 1.69. The van der Waals surface area contributed by atoms with Gasteiger partial charge in [-0.05, 0) is 30.5 Å². The highest BCUT2D eigenvalue weighted by Crippen LogP contribution is 2.56. The van der Waals surface area contributed by atoms with Gasteiger partial charge in [0.1, 0.15) is 0 Å². The molecule has 0 radical (unpaired) electrons. The number of rotatable bonds is 1. The molecule has 0 spiro atoms. The van der Waals surface area contributed by atoms with E-state index < -0.39 is 11.7 Å². The molecule has 0 amide bonds. The molecule has 86 valence electrons. The van der Waals surface area contributed by atoms with Gasteiger partial charge in [0.05, 0.1) is 5.56 Å². The number of nitrogens with zero attached hydrogens (tertiary/aromatic N) is 1. The van der Waals surface area contributed by atoms with Crippen molar-refractivity contribution < 1.29 is 13.2 Å². The van der Waals surface area contributed by atoms with Crippen LogP contribution < -0.4 is 5.32 Å². The molecule has 2 atom stereocenters. The van der Waals surface area contributed by atoms with Crippen LogP contribution in [0.2, 0.25) is 0 Å². The van der Waals surface area contributed by atoms with E-state index in [4.69, 9.17) is 0 Å². The Balaban J connectivity index is 1.98. The molecule has 16 heavy (non-hydrogen) atoms. The van der Waals surface area contributed by atoms with Crippen molar-refractivity contribution >= 4 is 0 Å². The summed E-state index contributed by atoms with van der Waals surface area (Å²) in [5.74, 6) is 0.498. The highest BCUT2D eigenvalue weighted by Gasteiger charge is 2.58. The maximum absolute atomic E-state index is 12.5. The molecule has 0 bridgehead atoms. The fourth-order valence-electron chi connectivity index (χ4n) is 2.66. The van der Waals surface area contributed by atoms with Crippen LogP contribution in [0.4, 0.5) is 13.2 Å². The third-order valence-electron chi connectivity index (χ3n) is 3.70. The van der Waals surface area contributed by atoms with Gasteiger partial charge in [0.2, 0.25) is 0 Å². The number of nitrogens with one attached hydrogen (secondary N) is 1. The highest BCUT2D eigenvalue weighted by atomic mass is 19.4. The van der Waals surface area contributed by atoms with Gasteiger partial charge in [0.15, 0.2) is 0 Å². The van der Waals surface area contributed by atoms with Gasteiger partial charge in [-0.15, -0.1) is 0 Å². The van der Waals surface area contributed by atoms with Crippen LogP contribution in [0.15, 0.2) is 18.5 Å². The van der Waals surface area contributed by atoms with Gasteiger partial charge in [-0.3, -0.25) is 4.98 Å². The van der Waals surface area contributed by atoms with Crippen LogP contribution in [0.3, 0.4) is 0 Å². The Kier molecular flexibility index (Phi) is 1.87. The van der Waals surface area contributed by atoms with Gasteiger partial charge in [-0.1, -0.05) is 0 Å². The SMILES string of the molecule is FC(F)(F)c1cncc(C23CNCC2C3)c1. The number of fused-ring (bicyclic) bond motifs is 1. The molecule has 2 aliphatic rings. The highest BCUT2D eigenvalue weighted by molar-refractivity contribution is 5.37. The number of hydrogen-bond donors (Lipinski definition) is 1. The fraction of sp³-hybridized carbons (Fsp3) is 0.545. The number of aromatic nitrogens is 1. The average molecular weight is 228 g/mol. The summed E-state index contributed by atoms with van der Waals surface area (Å²) in [6, 6.07) is 1.25. The number of pyridine rings is 1. The van der Waals surface area contributed by atoms with Crippen molar-refractivity contribution in [3.8, 4) is 0 Å². The molecule has 1 N–H and O–H groups in total. The Labute approximate surface area is 90.9 Å². The van der Waals surface area contributed by atoms with E-state index in [1.807, 2.05) is 0 Å². The van der Waals surface area contributed by atoms with E-state index >= 15 is 0 Å². The van der Waals surface area contributed by atoms with E-state index in [0.717, 1.165) is 31.3 Å². The van der Waals surface area contributed by atoms with Crippen LogP contribution in [0.1, 0.15) is 17.5 Å². The van der Waals surface area contributed by atoms with Gasteiger partial charge < -0.3 is 5.32 Å². The Morgan fingerprint density at radius 1 is 1.38 bits per heavy atom. The maximum Gasteiger partial charge on any atom is 0.417 e. The van der Waals surface area contributed by atoms with Crippen molar-refractivity contribution in [3.63, 3.8) is 0 Å².